The number of hydrogen-bond donors (Lipinski definition) is 1. The molecule has 0 fully saturated rings. The van der Waals surface area contributed by atoms with E-state index in [1.165, 1.54) is 12.0 Å². The Bertz CT molecular complexity index is 877. The molecule has 5 heteroatoms. The number of hydrogen-bond acceptors (Lipinski definition) is 3. The maximum atomic E-state index is 12.3. The Hall–Kier alpha value is -2.53. The minimum Gasteiger partial charge on any atom is -0.508 e. The van der Waals surface area contributed by atoms with Crippen LogP contribution in [0, 0.1) is 0 Å². The summed E-state index contributed by atoms with van der Waals surface area (Å²) in [5.41, 5.74) is 1.37. The van der Waals surface area contributed by atoms with E-state index in [2.05, 4.69) is 15.9 Å². The molecule has 0 unspecified atom stereocenters. The van der Waals surface area contributed by atoms with Gasteiger partial charge in [-0.15, -0.1) is 0 Å². The molecule has 0 aliphatic rings. The number of phenols is 1. The van der Waals surface area contributed by atoms with E-state index in [-0.39, 0.29) is 12.3 Å². The number of anilines is 1. The van der Waals surface area contributed by atoms with E-state index in [9.17, 15) is 9.90 Å². The summed E-state index contributed by atoms with van der Waals surface area (Å²) in [6.45, 7) is 0.210. The Kier molecular flexibility index (Phi) is 4.71. The first kappa shape index (κ1) is 16.3. The number of amides is 1. The van der Waals surface area contributed by atoms with Crippen LogP contribution >= 0.6 is 15.9 Å². The van der Waals surface area contributed by atoms with Gasteiger partial charge in [0.05, 0.1) is 13.7 Å². The zero-order valence-corrected chi connectivity index (χ0v) is 14.7. The zero-order valence-electron chi connectivity index (χ0n) is 13.1. The number of ether oxygens (including phenoxy) is 1. The number of aromatic hydroxyl groups is 1. The highest BCUT2D eigenvalue weighted by Crippen LogP contribution is 2.30. The quantitative estimate of drug-likeness (QED) is 0.683. The molecule has 0 radical (unpaired) electrons. The minimum atomic E-state index is -0.482. The molecule has 1 amide bonds. The number of nitrogens with zero attached hydrogens (tertiary/aromatic N) is 1. The molecule has 0 saturated carbocycles. The summed E-state index contributed by atoms with van der Waals surface area (Å²) in [4.78, 5) is 13.8. The summed E-state index contributed by atoms with van der Waals surface area (Å²) >= 11 is 3.38. The van der Waals surface area contributed by atoms with Crippen LogP contribution in [-0.4, -0.2) is 18.3 Å². The van der Waals surface area contributed by atoms with Gasteiger partial charge in [0.2, 0.25) is 0 Å². The fourth-order valence-electron chi connectivity index (χ4n) is 2.64. The van der Waals surface area contributed by atoms with Crippen LogP contribution in [0.1, 0.15) is 5.56 Å². The van der Waals surface area contributed by atoms with E-state index < -0.39 is 6.09 Å². The Morgan fingerprint density at radius 3 is 2.50 bits per heavy atom. The normalized spacial score (nSPS) is 10.6. The van der Waals surface area contributed by atoms with Crippen molar-refractivity contribution in [3.05, 3.63) is 70.7 Å². The first-order chi connectivity index (χ1) is 11.6. The Labute approximate surface area is 148 Å². The Morgan fingerprint density at radius 2 is 1.79 bits per heavy atom. The maximum Gasteiger partial charge on any atom is 0.414 e. The zero-order chi connectivity index (χ0) is 17.1. The number of carbonyl (C=O) groups excluding carboxylic acids is 1. The van der Waals surface area contributed by atoms with E-state index in [0.29, 0.717) is 11.3 Å². The third-order valence-electron chi connectivity index (χ3n) is 3.87. The van der Waals surface area contributed by atoms with Crippen molar-refractivity contribution in [1.29, 1.82) is 0 Å². The molecule has 3 rings (SSSR count). The second-order valence-electron chi connectivity index (χ2n) is 5.32. The van der Waals surface area contributed by atoms with Gasteiger partial charge in [-0.3, -0.25) is 4.90 Å². The summed E-state index contributed by atoms with van der Waals surface area (Å²) in [5, 5.41) is 12.2. The van der Waals surface area contributed by atoms with E-state index >= 15 is 0 Å². The van der Waals surface area contributed by atoms with Crippen LogP contribution < -0.4 is 4.90 Å². The highest BCUT2D eigenvalue weighted by molar-refractivity contribution is 9.10. The van der Waals surface area contributed by atoms with Gasteiger partial charge in [0.25, 0.3) is 0 Å². The van der Waals surface area contributed by atoms with Crippen molar-refractivity contribution in [1.82, 2.24) is 0 Å². The molecule has 0 aliphatic carbocycles. The molecule has 0 saturated heterocycles. The molecular formula is C19H16BrNO3. The molecule has 0 heterocycles. The number of benzene rings is 3. The van der Waals surface area contributed by atoms with E-state index in [4.69, 9.17) is 4.74 Å². The van der Waals surface area contributed by atoms with Crippen LogP contribution in [0.3, 0.4) is 0 Å². The minimum absolute atomic E-state index is 0.153. The maximum absolute atomic E-state index is 12.3. The lowest BCUT2D eigenvalue weighted by Gasteiger charge is -2.23. The number of halogens is 1. The third-order valence-corrected chi connectivity index (χ3v) is 4.39. The van der Waals surface area contributed by atoms with Gasteiger partial charge in [-0.2, -0.15) is 0 Å². The molecule has 4 nitrogen and oxygen atoms in total. The molecule has 0 bridgehead atoms. The molecule has 0 spiro atoms. The molecule has 0 atom stereocenters. The lowest BCUT2D eigenvalue weighted by atomic mass is 10.0. The van der Waals surface area contributed by atoms with Crippen molar-refractivity contribution in [2.45, 2.75) is 6.54 Å². The Balaban J connectivity index is 2.06. The highest BCUT2D eigenvalue weighted by atomic mass is 79.9. The molecule has 3 aromatic rings. The second-order valence-corrected chi connectivity index (χ2v) is 6.23. The van der Waals surface area contributed by atoms with Gasteiger partial charge in [-0.25, -0.2) is 4.79 Å². The number of fused-ring (bicyclic) bond motifs is 1. The van der Waals surface area contributed by atoms with E-state index in [1.54, 1.807) is 6.07 Å². The fraction of sp³-hybridized carbons (Fsp3) is 0.105. The molecule has 1 N–H and O–H groups in total. The van der Waals surface area contributed by atoms with Crippen molar-refractivity contribution in [3.63, 3.8) is 0 Å². The molecular weight excluding hydrogens is 370 g/mol. The first-order valence-electron chi connectivity index (χ1n) is 7.41. The van der Waals surface area contributed by atoms with Gasteiger partial charge in [0.1, 0.15) is 5.75 Å². The number of carbonyl (C=O) groups is 1. The van der Waals surface area contributed by atoms with Crippen molar-refractivity contribution >= 4 is 38.5 Å². The van der Waals surface area contributed by atoms with Crippen LogP contribution in [0.4, 0.5) is 10.5 Å². The molecule has 0 aromatic heterocycles. The summed E-state index contributed by atoms with van der Waals surface area (Å²) in [6.07, 6.45) is -0.482. The van der Waals surface area contributed by atoms with Crippen LogP contribution in [0.2, 0.25) is 0 Å². The van der Waals surface area contributed by atoms with Gasteiger partial charge in [-0.05, 0) is 41.1 Å². The first-order valence-corrected chi connectivity index (χ1v) is 8.20. The topological polar surface area (TPSA) is 49.8 Å². The number of methoxy groups -OCH3 is 1. The van der Waals surface area contributed by atoms with E-state index in [1.807, 2.05) is 54.6 Å². The van der Waals surface area contributed by atoms with Gasteiger partial charge in [0, 0.05) is 15.7 Å². The smallest absolute Gasteiger partial charge is 0.414 e. The predicted octanol–water partition coefficient (Wildman–Crippen LogP) is 5.08. The average Bonchev–Trinajstić information content (AvgIpc) is 2.61. The molecule has 0 aliphatic heterocycles. The van der Waals surface area contributed by atoms with Crippen molar-refractivity contribution in [3.8, 4) is 5.75 Å². The molecule has 122 valence electrons. The van der Waals surface area contributed by atoms with Crippen LogP contribution in [-0.2, 0) is 11.3 Å². The largest absolute Gasteiger partial charge is 0.508 e. The lowest BCUT2D eigenvalue weighted by molar-refractivity contribution is 0.178. The highest BCUT2D eigenvalue weighted by Gasteiger charge is 2.19. The SMILES string of the molecule is COC(=O)N(Cc1c(O)ccc2ccccc12)c1ccc(Br)cc1. The molecule has 3 aromatic carbocycles. The summed E-state index contributed by atoms with van der Waals surface area (Å²) in [6, 6.07) is 18.6. The average molecular weight is 386 g/mol. The van der Waals surface area contributed by atoms with Crippen LogP contribution in [0.25, 0.3) is 10.8 Å². The van der Waals surface area contributed by atoms with Gasteiger partial charge in [-0.1, -0.05) is 46.3 Å². The van der Waals surface area contributed by atoms with Gasteiger partial charge in [0.15, 0.2) is 0 Å². The molecule has 24 heavy (non-hydrogen) atoms. The lowest BCUT2D eigenvalue weighted by Crippen LogP contribution is -2.30. The monoisotopic (exact) mass is 385 g/mol. The summed E-state index contributed by atoms with van der Waals surface area (Å²) < 4.78 is 5.84. The van der Waals surface area contributed by atoms with Crippen molar-refractivity contribution < 1.29 is 14.6 Å². The van der Waals surface area contributed by atoms with E-state index in [0.717, 1.165) is 15.2 Å². The predicted molar refractivity (Wildman–Crippen MR) is 98.3 cm³/mol. The van der Waals surface area contributed by atoms with Gasteiger partial charge >= 0.3 is 6.09 Å². The van der Waals surface area contributed by atoms with Crippen LogP contribution in [0.5, 0.6) is 5.75 Å². The van der Waals surface area contributed by atoms with Crippen LogP contribution in [0.15, 0.2) is 65.1 Å². The number of phenolic OH excluding ortho intramolecular Hbond substituents is 1. The fourth-order valence-corrected chi connectivity index (χ4v) is 2.91. The summed E-state index contributed by atoms with van der Waals surface area (Å²) in [7, 11) is 1.34. The second kappa shape index (κ2) is 6.93. The Morgan fingerprint density at radius 1 is 1.08 bits per heavy atom. The van der Waals surface area contributed by atoms with Crippen molar-refractivity contribution in [2.75, 3.05) is 12.0 Å². The van der Waals surface area contributed by atoms with Gasteiger partial charge < -0.3 is 9.84 Å². The van der Waals surface area contributed by atoms with Crippen molar-refractivity contribution in [2.24, 2.45) is 0 Å². The summed E-state index contributed by atoms with van der Waals surface area (Å²) in [5.74, 6) is 0.153. The third kappa shape index (κ3) is 3.21. The standard InChI is InChI=1S/C19H16BrNO3/c1-24-19(23)21(15-9-7-14(20)8-10-15)12-17-16-5-3-2-4-13(16)6-11-18(17)22/h2-11,22H,12H2,1H3. The number of rotatable bonds is 3.